The van der Waals surface area contributed by atoms with Gasteiger partial charge in [-0.25, -0.2) is 9.86 Å². The van der Waals surface area contributed by atoms with E-state index in [-0.39, 0.29) is 54.3 Å². The highest BCUT2D eigenvalue weighted by Crippen LogP contribution is 2.39. The van der Waals surface area contributed by atoms with Gasteiger partial charge in [0.2, 0.25) is 11.8 Å². The Balaban J connectivity index is 1.04. The van der Waals surface area contributed by atoms with Gasteiger partial charge in [-0.05, 0) is 71.8 Å². The number of thiophene rings is 1. The van der Waals surface area contributed by atoms with Crippen molar-refractivity contribution in [1.29, 1.82) is 0 Å². The maximum atomic E-state index is 14.3. The Bertz CT molecular complexity index is 2810. The van der Waals surface area contributed by atoms with E-state index < -0.39 is 70.7 Å². The minimum Gasteiger partial charge on any atom is -0.480 e. The monoisotopic (exact) mass is 871 g/mol. The molecule has 1 aliphatic carbocycles. The molecule has 2 aliphatic rings. The standard InChI is InChI=1S/C45H37N5O12S/c51-34(47-39(53)33-15-8-22-63-33)23-46-40(54)36-38(30-12-5-7-14-32(30)50(43(36)57)60-24-26-9-2-1-3-10-26)62-28-18-16-27(17-19-28)25-61-49-31-13-6-4-11-29(31)37(52)35(42(49)56)41(55)48-45(20-21-45)44(58)59/h1-19,22,35,42,56H,20-21,23-25H2,(H,46,54)(H,48,55)(H,58,59)(H,47,51,53). The number of nitrogens with zero attached hydrogens (tertiary/aromatic N) is 2. The number of hydroxylamine groups is 1. The van der Waals surface area contributed by atoms with Crippen molar-refractivity contribution in [2.24, 2.45) is 5.92 Å². The second-order valence-corrected chi connectivity index (χ2v) is 15.6. The molecule has 4 aromatic carbocycles. The lowest BCUT2D eigenvalue weighted by Crippen LogP contribution is -2.56. The number of hydrogen-bond donors (Lipinski definition) is 5. The van der Waals surface area contributed by atoms with Crippen molar-refractivity contribution < 1.29 is 53.4 Å². The number of nitrogens with one attached hydrogen (secondary N) is 3. The molecule has 18 heteroatoms. The van der Waals surface area contributed by atoms with Crippen LogP contribution in [-0.4, -0.2) is 68.6 Å². The summed E-state index contributed by atoms with van der Waals surface area (Å²) in [6.45, 7) is -0.867. The number of carbonyl (C=O) groups is 6. The van der Waals surface area contributed by atoms with Crippen LogP contribution in [0.1, 0.15) is 54.4 Å². The quantitative estimate of drug-likeness (QED) is 0.0921. The zero-order valence-electron chi connectivity index (χ0n) is 33.0. The van der Waals surface area contributed by atoms with Crippen molar-refractivity contribution in [2.75, 3.05) is 11.6 Å². The van der Waals surface area contributed by atoms with E-state index in [4.69, 9.17) is 14.4 Å². The highest BCUT2D eigenvalue weighted by Gasteiger charge is 2.54. The molecule has 0 saturated heterocycles. The predicted molar refractivity (Wildman–Crippen MR) is 226 cm³/mol. The van der Waals surface area contributed by atoms with Crippen LogP contribution >= 0.6 is 11.3 Å². The number of anilines is 1. The fourth-order valence-electron chi connectivity index (χ4n) is 6.92. The average molecular weight is 872 g/mol. The van der Waals surface area contributed by atoms with Gasteiger partial charge < -0.3 is 30.4 Å². The molecule has 3 heterocycles. The van der Waals surface area contributed by atoms with E-state index in [1.54, 1.807) is 72.1 Å². The first-order valence-corrected chi connectivity index (χ1v) is 20.4. The number of hydrogen-bond acceptors (Lipinski definition) is 13. The van der Waals surface area contributed by atoms with Crippen molar-refractivity contribution in [3.8, 4) is 11.5 Å². The summed E-state index contributed by atoms with van der Waals surface area (Å²) < 4.78 is 7.27. The molecule has 17 nitrogen and oxygen atoms in total. The van der Waals surface area contributed by atoms with E-state index in [0.29, 0.717) is 15.8 Å². The number of aliphatic hydroxyl groups is 1. The van der Waals surface area contributed by atoms with E-state index in [1.807, 2.05) is 18.2 Å². The van der Waals surface area contributed by atoms with Crippen LogP contribution < -0.4 is 36.1 Å². The molecule has 1 fully saturated rings. The van der Waals surface area contributed by atoms with E-state index in [9.17, 15) is 43.8 Å². The fourth-order valence-corrected chi connectivity index (χ4v) is 7.54. The van der Waals surface area contributed by atoms with Gasteiger partial charge in [0.1, 0.15) is 30.4 Å². The Morgan fingerprint density at radius 3 is 2.17 bits per heavy atom. The van der Waals surface area contributed by atoms with Crippen LogP contribution in [-0.2, 0) is 32.4 Å². The van der Waals surface area contributed by atoms with Gasteiger partial charge in [0.15, 0.2) is 23.3 Å². The number of aromatic nitrogens is 1. The van der Waals surface area contributed by atoms with Gasteiger partial charge >= 0.3 is 5.97 Å². The zero-order chi connectivity index (χ0) is 44.3. The first kappa shape index (κ1) is 42.0. The molecule has 63 heavy (non-hydrogen) atoms. The van der Waals surface area contributed by atoms with Crippen molar-refractivity contribution in [3.63, 3.8) is 0 Å². The predicted octanol–water partition coefficient (Wildman–Crippen LogP) is 3.97. The van der Waals surface area contributed by atoms with Crippen molar-refractivity contribution in [2.45, 2.75) is 37.8 Å². The SMILES string of the molecule is O=C(CNC(=O)c1c(Oc2ccc(CON3c4ccccc4C(=O)C(C(=O)NC4(C(=O)O)CC4)C3O)cc2)c2ccccc2n(OCc2ccccc2)c1=O)NC(=O)c1cccs1. The van der Waals surface area contributed by atoms with Gasteiger partial charge in [-0.3, -0.25) is 38.9 Å². The number of aliphatic hydroxyl groups excluding tert-OH is 1. The number of pyridine rings is 1. The molecule has 0 bridgehead atoms. The third kappa shape index (κ3) is 8.76. The van der Waals surface area contributed by atoms with Crippen LogP contribution in [0, 0.1) is 5.92 Å². The number of aliphatic carboxylic acids is 1. The summed E-state index contributed by atoms with van der Waals surface area (Å²) in [5, 5.41) is 31.0. The summed E-state index contributed by atoms with van der Waals surface area (Å²) in [7, 11) is 0. The first-order valence-electron chi connectivity index (χ1n) is 19.5. The number of benzene rings is 4. The lowest BCUT2D eigenvalue weighted by molar-refractivity contribution is -0.144. The Hall–Kier alpha value is -7.67. The lowest BCUT2D eigenvalue weighted by Gasteiger charge is -2.38. The smallest absolute Gasteiger partial charge is 0.329 e. The number of fused-ring (bicyclic) bond motifs is 2. The summed E-state index contributed by atoms with van der Waals surface area (Å²) >= 11 is 1.13. The Morgan fingerprint density at radius 1 is 0.778 bits per heavy atom. The Labute approximate surface area is 361 Å². The third-order valence-electron chi connectivity index (χ3n) is 10.4. The molecule has 2 unspecified atom stereocenters. The van der Waals surface area contributed by atoms with Gasteiger partial charge in [0, 0.05) is 10.9 Å². The number of rotatable bonds is 15. The summed E-state index contributed by atoms with van der Waals surface area (Å²) in [5.41, 5.74) is -1.03. The largest absolute Gasteiger partial charge is 0.480 e. The maximum Gasteiger partial charge on any atom is 0.329 e. The van der Waals surface area contributed by atoms with Crippen LogP contribution in [0.5, 0.6) is 11.5 Å². The zero-order valence-corrected chi connectivity index (χ0v) is 33.8. The highest BCUT2D eigenvalue weighted by molar-refractivity contribution is 7.12. The summed E-state index contributed by atoms with van der Waals surface area (Å²) in [4.78, 5) is 104. The van der Waals surface area contributed by atoms with Crippen LogP contribution in [0.3, 0.4) is 0 Å². The maximum absolute atomic E-state index is 14.3. The number of carboxylic acid groups (broad SMARTS) is 1. The Kier molecular flexibility index (Phi) is 11.8. The molecule has 5 N–H and O–H groups in total. The minimum atomic E-state index is -1.80. The number of imide groups is 1. The van der Waals surface area contributed by atoms with E-state index in [0.717, 1.165) is 26.7 Å². The molecule has 0 spiro atoms. The number of para-hydroxylation sites is 2. The molecule has 2 atom stereocenters. The van der Waals surface area contributed by atoms with E-state index in [2.05, 4.69) is 16.0 Å². The molecular weight excluding hydrogens is 835 g/mol. The van der Waals surface area contributed by atoms with Crippen molar-refractivity contribution in [3.05, 3.63) is 158 Å². The van der Waals surface area contributed by atoms with Crippen LogP contribution in [0.4, 0.5) is 5.69 Å². The average Bonchev–Trinajstić information content (AvgIpc) is 3.86. The summed E-state index contributed by atoms with van der Waals surface area (Å²) in [5.74, 6) is -6.97. The number of amides is 4. The number of Topliss-reactive ketones (excluding diaryl/α,β-unsaturated/α-hetero) is 1. The number of carboxylic acids is 1. The number of ketones is 1. The van der Waals surface area contributed by atoms with Crippen molar-refractivity contribution >= 4 is 63.3 Å². The van der Waals surface area contributed by atoms with Crippen molar-refractivity contribution in [1.82, 2.24) is 20.7 Å². The minimum absolute atomic E-state index is 0.0294. The molecular formula is C45H37N5O12S. The fraction of sp³-hybridized carbons (Fsp3) is 0.178. The number of ether oxygens (including phenoxy) is 1. The first-order chi connectivity index (χ1) is 30.4. The van der Waals surface area contributed by atoms with Gasteiger partial charge in [0.25, 0.3) is 17.4 Å². The van der Waals surface area contributed by atoms with Gasteiger partial charge in [-0.1, -0.05) is 72.8 Å². The normalized spacial score (nSPS) is 16.1. The van der Waals surface area contributed by atoms with Crippen LogP contribution in [0.25, 0.3) is 10.9 Å². The molecule has 1 saturated carbocycles. The Morgan fingerprint density at radius 2 is 1.46 bits per heavy atom. The topological polar surface area (TPSA) is 232 Å². The molecule has 2 aromatic heterocycles. The molecule has 8 rings (SSSR count). The van der Waals surface area contributed by atoms with E-state index >= 15 is 0 Å². The van der Waals surface area contributed by atoms with Crippen LogP contribution in [0.15, 0.2) is 125 Å². The van der Waals surface area contributed by atoms with Gasteiger partial charge in [-0.2, -0.15) is 0 Å². The second-order valence-electron chi connectivity index (χ2n) is 14.6. The lowest BCUT2D eigenvalue weighted by atomic mass is 9.89. The van der Waals surface area contributed by atoms with Gasteiger partial charge in [-0.15, -0.1) is 16.1 Å². The molecule has 320 valence electrons. The van der Waals surface area contributed by atoms with E-state index in [1.165, 1.54) is 30.3 Å². The third-order valence-corrected chi connectivity index (χ3v) is 11.2. The summed E-state index contributed by atoms with van der Waals surface area (Å²) in [6, 6.07) is 31.4. The summed E-state index contributed by atoms with van der Waals surface area (Å²) in [6.07, 6.45) is -1.42. The van der Waals surface area contributed by atoms with Crippen LogP contribution in [0.2, 0.25) is 0 Å². The molecule has 1 aliphatic heterocycles. The van der Waals surface area contributed by atoms with Gasteiger partial charge in [0.05, 0.1) is 22.6 Å². The molecule has 4 amide bonds. The molecule has 6 aromatic rings. The second kappa shape index (κ2) is 17.7. The molecule has 0 radical (unpaired) electrons. The highest BCUT2D eigenvalue weighted by atomic mass is 32.1. The number of carbonyl (C=O) groups excluding carboxylic acids is 5.